The van der Waals surface area contributed by atoms with Crippen molar-refractivity contribution in [1.82, 2.24) is 14.9 Å². The van der Waals surface area contributed by atoms with E-state index in [-0.39, 0.29) is 11.9 Å². The number of hydrogen-bond donors (Lipinski definition) is 0. The number of aromatic nitrogens is 2. The number of nitrogens with zero attached hydrogens (tertiary/aromatic N) is 3. The van der Waals surface area contributed by atoms with Gasteiger partial charge in [0.15, 0.2) is 11.5 Å². The fourth-order valence-electron chi connectivity index (χ4n) is 4.52. The molecule has 1 aliphatic heterocycles. The smallest absolute Gasteiger partial charge is 0.233 e. The molecule has 6 nitrogen and oxygen atoms in total. The van der Waals surface area contributed by atoms with Gasteiger partial charge in [0.2, 0.25) is 5.91 Å². The summed E-state index contributed by atoms with van der Waals surface area (Å²) in [5.74, 6) is 1.74. The highest BCUT2D eigenvalue weighted by atomic mass is 32.2. The zero-order valence-corrected chi connectivity index (χ0v) is 19.9. The van der Waals surface area contributed by atoms with E-state index in [0.29, 0.717) is 23.8 Å². The Morgan fingerprint density at radius 1 is 1.00 bits per heavy atom. The van der Waals surface area contributed by atoms with Crippen LogP contribution in [0.3, 0.4) is 0 Å². The summed E-state index contributed by atoms with van der Waals surface area (Å²) in [7, 11) is 3.28. The molecule has 0 saturated heterocycles. The van der Waals surface area contributed by atoms with Crippen LogP contribution in [0, 0.1) is 0 Å². The van der Waals surface area contributed by atoms with Crippen molar-refractivity contribution in [2.75, 3.05) is 26.5 Å². The van der Waals surface area contributed by atoms with Crippen molar-refractivity contribution in [3.05, 3.63) is 89.7 Å². The molecule has 1 atom stereocenters. The number of amides is 1. The quantitative estimate of drug-likeness (QED) is 0.294. The van der Waals surface area contributed by atoms with Crippen LogP contribution in [-0.2, 0) is 11.2 Å². The lowest BCUT2D eigenvalue weighted by Crippen LogP contribution is -2.41. The van der Waals surface area contributed by atoms with Crippen molar-refractivity contribution in [2.45, 2.75) is 17.5 Å². The lowest BCUT2D eigenvalue weighted by Gasteiger charge is -2.38. The van der Waals surface area contributed by atoms with Gasteiger partial charge in [-0.3, -0.25) is 4.79 Å². The van der Waals surface area contributed by atoms with Gasteiger partial charge in [-0.15, -0.1) is 0 Å². The van der Waals surface area contributed by atoms with Gasteiger partial charge in [0, 0.05) is 11.9 Å². The van der Waals surface area contributed by atoms with Crippen molar-refractivity contribution in [1.29, 1.82) is 0 Å². The van der Waals surface area contributed by atoms with Crippen molar-refractivity contribution in [2.24, 2.45) is 0 Å². The molecule has 34 heavy (non-hydrogen) atoms. The third-order valence-electron chi connectivity index (χ3n) is 6.15. The molecule has 0 fully saturated rings. The van der Waals surface area contributed by atoms with Crippen LogP contribution in [0.2, 0.25) is 0 Å². The van der Waals surface area contributed by atoms with E-state index < -0.39 is 0 Å². The van der Waals surface area contributed by atoms with E-state index in [1.165, 1.54) is 17.3 Å². The minimum atomic E-state index is -0.194. The monoisotopic (exact) mass is 471 g/mol. The molecule has 1 aliphatic rings. The zero-order chi connectivity index (χ0) is 23.5. The van der Waals surface area contributed by atoms with E-state index in [0.717, 1.165) is 33.5 Å². The van der Waals surface area contributed by atoms with Crippen LogP contribution in [0.4, 0.5) is 0 Å². The van der Waals surface area contributed by atoms with Gasteiger partial charge in [-0.1, -0.05) is 60.3 Å². The molecule has 7 heteroatoms. The van der Waals surface area contributed by atoms with Crippen LogP contribution in [0.1, 0.15) is 22.7 Å². The first-order chi connectivity index (χ1) is 16.7. The Balaban J connectivity index is 1.47. The van der Waals surface area contributed by atoms with E-state index in [1.54, 1.807) is 20.5 Å². The molecule has 4 aromatic rings. The Hall–Kier alpha value is -3.58. The van der Waals surface area contributed by atoms with Gasteiger partial charge in [-0.25, -0.2) is 9.97 Å². The maximum atomic E-state index is 13.6. The number of para-hydroxylation sites is 1. The SMILES string of the molecule is COc1cc2c(cc1OC)[C@H](c1ccccc1)N(C(=O)CSc1ncnc3ccccc13)CC2. The lowest BCUT2D eigenvalue weighted by atomic mass is 9.87. The van der Waals surface area contributed by atoms with E-state index in [1.807, 2.05) is 59.5 Å². The molecule has 0 aliphatic carbocycles. The first-order valence-electron chi connectivity index (χ1n) is 11.1. The lowest BCUT2D eigenvalue weighted by molar-refractivity contribution is -0.130. The number of methoxy groups -OCH3 is 2. The molecule has 0 spiro atoms. The second-order valence-electron chi connectivity index (χ2n) is 8.04. The highest BCUT2D eigenvalue weighted by Gasteiger charge is 2.33. The molecule has 5 rings (SSSR count). The fraction of sp³-hybridized carbons (Fsp3) is 0.222. The van der Waals surface area contributed by atoms with E-state index >= 15 is 0 Å². The van der Waals surface area contributed by atoms with Gasteiger partial charge in [0.25, 0.3) is 0 Å². The second kappa shape index (κ2) is 9.73. The molecule has 2 heterocycles. The van der Waals surface area contributed by atoms with Gasteiger partial charge >= 0.3 is 0 Å². The van der Waals surface area contributed by atoms with Gasteiger partial charge in [0.05, 0.1) is 31.5 Å². The first kappa shape index (κ1) is 22.2. The number of fused-ring (bicyclic) bond motifs is 2. The Labute approximate surface area is 202 Å². The molecule has 172 valence electrons. The Morgan fingerprint density at radius 3 is 2.53 bits per heavy atom. The number of carbonyl (C=O) groups is 1. The number of ether oxygens (including phenoxy) is 2. The predicted octanol–water partition coefficient (Wildman–Crippen LogP) is 4.91. The average molecular weight is 472 g/mol. The van der Waals surface area contributed by atoms with Crippen LogP contribution >= 0.6 is 11.8 Å². The molecular formula is C27H25N3O3S. The predicted molar refractivity (Wildman–Crippen MR) is 134 cm³/mol. The maximum Gasteiger partial charge on any atom is 0.233 e. The molecule has 1 amide bonds. The second-order valence-corrected chi connectivity index (χ2v) is 9.01. The summed E-state index contributed by atoms with van der Waals surface area (Å²) < 4.78 is 11.1. The molecular weight excluding hydrogens is 446 g/mol. The average Bonchev–Trinajstić information content (AvgIpc) is 2.90. The highest BCUT2D eigenvalue weighted by molar-refractivity contribution is 8.00. The third kappa shape index (κ3) is 4.19. The van der Waals surface area contributed by atoms with Crippen LogP contribution in [0.25, 0.3) is 10.9 Å². The molecule has 0 saturated carbocycles. The van der Waals surface area contributed by atoms with Crippen molar-refractivity contribution in [3.63, 3.8) is 0 Å². The number of rotatable bonds is 6. The van der Waals surface area contributed by atoms with Gasteiger partial charge in [-0.05, 0) is 41.3 Å². The fourth-order valence-corrected chi connectivity index (χ4v) is 5.39. The summed E-state index contributed by atoms with van der Waals surface area (Å²) in [4.78, 5) is 24.3. The highest BCUT2D eigenvalue weighted by Crippen LogP contribution is 2.41. The topological polar surface area (TPSA) is 64.6 Å². The standard InChI is InChI=1S/C27H25N3O3S/c1-32-23-14-19-12-13-30(26(18-8-4-3-5-9-18)21(19)15-24(23)33-2)25(31)16-34-27-20-10-6-7-11-22(20)28-17-29-27/h3-11,14-15,17,26H,12-13,16H2,1-2H3/t26-/m0/s1. The van der Waals surface area contributed by atoms with Crippen molar-refractivity contribution < 1.29 is 14.3 Å². The summed E-state index contributed by atoms with van der Waals surface area (Å²) in [5, 5.41) is 1.78. The minimum absolute atomic E-state index is 0.0713. The summed E-state index contributed by atoms with van der Waals surface area (Å²) in [6, 6.07) is 21.9. The number of benzene rings is 3. The summed E-state index contributed by atoms with van der Waals surface area (Å²) >= 11 is 1.46. The molecule has 0 unspecified atom stereocenters. The maximum absolute atomic E-state index is 13.6. The van der Waals surface area contributed by atoms with Gasteiger partial charge in [0.1, 0.15) is 11.4 Å². The number of carbonyl (C=O) groups excluding carboxylic acids is 1. The van der Waals surface area contributed by atoms with Crippen LogP contribution in [-0.4, -0.2) is 47.3 Å². The first-order valence-corrected chi connectivity index (χ1v) is 12.1. The third-order valence-corrected chi connectivity index (χ3v) is 7.14. The molecule has 1 aromatic heterocycles. The largest absolute Gasteiger partial charge is 0.493 e. The van der Waals surface area contributed by atoms with E-state index in [9.17, 15) is 4.79 Å². The Bertz CT molecular complexity index is 1320. The number of thioether (sulfide) groups is 1. The summed E-state index contributed by atoms with van der Waals surface area (Å²) in [5.41, 5.74) is 4.19. The molecule has 0 radical (unpaired) electrons. The van der Waals surface area contributed by atoms with Crippen LogP contribution in [0.5, 0.6) is 11.5 Å². The number of hydrogen-bond acceptors (Lipinski definition) is 6. The van der Waals surface area contributed by atoms with Crippen molar-refractivity contribution >= 4 is 28.6 Å². The molecule has 0 bridgehead atoms. The summed E-state index contributed by atoms with van der Waals surface area (Å²) in [6.07, 6.45) is 2.31. The van der Waals surface area contributed by atoms with E-state index in [2.05, 4.69) is 22.1 Å². The van der Waals surface area contributed by atoms with Gasteiger partial charge in [-0.2, -0.15) is 0 Å². The van der Waals surface area contributed by atoms with Crippen LogP contribution < -0.4 is 9.47 Å². The molecule has 3 aromatic carbocycles. The van der Waals surface area contributed by atoms with E-state index in [4.69, 9.17) is 9.47 Å². The van der Waals surface area contributed by atoms with Gasteiger partial charge < -0.3 is 14.4 Å². The normalized spacial score (nSPS) is 15.1. The van der Waals surface area contributed by atoms with Crippen LogP contribution in [0.15, 0.2) is 78.1 Å². The summed E-state index contributed by atoms with van der Waals surface area (Å²) in [6.45, 7) is 0.631. The molecule has 0 N–H and O–H groups in total. The van der Waals surface area contributed by atoms with Crippen molar-refractivity contribution in [3.8, 4) is 11.5 Å². The Morgan fingerprint density at radius 2 is 1.74 bits per heavy atom. The minimum Gasteiger partial charge on any atom is -0.493 e. The zero-order valence-electron chi connectivity index (χ0n) is 19.1. The Kier molecular flexibility index (Phi) is 6.36.